The molecule has 2 heterocycles. The molecule has 0 unspecified atom stereocenters. The molecular formula is C21H24N8O3S. The standard InChI is InChI=1S/C21H24N8O3S/c1-4-28-19-9-8-17(33(31,32)27(2)3)13-18(19)24-20(28)10-11-21(30)23-15-6-5-7-16(12-15)29-14-22-25-26-29/h5-9,12-14H,4,10-11H2,1-3H3,(H,23,30). The Morgan fingerprint density at radius 3 is 2.67 bits per heavy atom. The minimum atomic E-state index is -3.55. The van der Waals surface area contributed by atoms with E-state index >= 15 is 0 Å². The Morgan fingerprint density at radius 1 is 1.15 bits per heavy atom. The SMILES string of the molecule is CCn1c(CCC(=O)Nc2cccc(-n3cnnn3)c2)nc2cc(S(=O)(=O)N(C)C)ccc21. The molecule has 172 valence electrons. The Balaban J connectivity index is 1.50. The molecule has 33 heavy (non-hydrogen) atoms. The van der Waals surface area contributed by atoms with Gasteiger partial charge < -0.3 is 9.88 Å². The maximum absolute atomic E-state index is 12.6. The normalized spacial score (nSPS) is 11.9. The van der Waals surface area contributed by atoms with Gasteiger partial charge in [-0.25, -0.2) is 22.4 Å². The summed E-state index contributed by atoms with van der Waals surface area (Å²) in [7, 11) is -0.567. The summed E-state index contributed by atoms with van der Waals surface area (Å²) >= 11 is 0. The molecule has 0 bridgehead atoms. The third-order valence-corrected chi connectivity index (χ3v) is 7.02. The van der Waals surface area contributed by atoms with Crippen LogP contribution in [-0.4, -0.2) is 62.5 Å². The second-order valence-electron chi connectivity index (χ2n) is 7.56. The number of hydrogen-bond donors (Lipinski definition) is 1. The molecule has 11 nitrogen and oxygen atoms in total. The van der Waals surface area contributed by atoms with Crippen LogP contribution in [0.5, 0.6) is 0 Å². The first-order valence-corrected chi connectivity index (χ1v) is 11.8. The van der Waals surface area contributed by atoms with E-state index in [1.165, 1.54) is 29.4 Å². The molecule has 0 aliphatic carbocycles. The molecule has 1 amide bonds. The summed E-state index contributed by atoms with van der Waals surface area (Å²) in [6.45, 7) is 2.64. The van der Waals surface area contributed by atoms with Crippen molar-refractivity contribution in [3.05, 3.63) is 54.6 Å². The number of rotatable bonds is 8. The van der Waals surface area contributed by atoms with Crippen LogP contribution < -0.4 is 5.32 Å². The summed E-state index contributed by atoms with van der Waals surface area (Å²) < 4.78 is 29.6. The Hall–Kier alpha value is -3.64. The minimum Gasteiger partial charge on any atom is -0.328 e. The number of benzene rings is 2. The van der Waals surface area contributed by atoms with Crippen molar-refractivity contribution >= 4 is 32.7 Å². The van der Waals surface area contributed by atoms with Crippen LogP contribution in [0, 0.1) is 0 Å². The molecule has 0 spiro atoms. The highest BCUT2D eigenvalue weighted by Crippen LogP contribution is 2.23. The van der Waals surface area contributed by atoms with Gasteiger partial charge in [0.25, 0.3) is 0 Å². The van der Waals surface area contributed by atoms with Crippen LogP contribution in [-0.2, 0) is 27.8 Å². The zero-order valence-electron chi connectivity index (χ0n) is 18.5. The van der Waals surface area contributed by atoms with Gasteiger partial charge in [0.1, 0.15) is 12.2 Å². The molecule has 0 saturated carbocycles. The van der Waals surface area contributed by atoms with Crippen molar-refractivity contribution in [2.24, 2.45) is 0 Å². The lowest BCUT2D eigenvalue weighted by molar-refractivity contribution is -0.116. The molecule has 2 aromatic heterocycles. The number of anilines is 1. The van der Waals surface area contributed by atoms with Gasteiger partial charge in [-0.15, -0.1) is 5.10 Å². The quantitative estimate of drug-likeness (QED) is 0.418. The molecule has 4 aromatic rings. The number of nitrogens with one attached hydrogen (secondary N) is 1. The minimum absolute atomic E-state index is 0.158. The number of amides is 1. The Kier molecular flexibility index (Phi) is 6.20. The molecule has 0 fully saturated rings. The van der Waals surface area contributed by atoms with E-state index in [9.17, 15) is 13.2 Å². The van der Waals surface area contributed by atoms with Crippen molar-refractivity contribution < 1.29 is 13.2 Å². The maximum Gasteiger partial charge on any atom is 0.242 e. The molecule has 1 N–H and O–H groups in total. The molecule has 0 radical (unpaired) electrons. The van der Waals surface area contributed by atoms with Gasteiger partial charge >= 0.3 is 0 Å². The van der Waals surface area contributed by atoms with Crippen molar-refractivity contribution in [2.45, 2.75) is 31.2 Å². The first-order chi connectivity index (χ1) is 15.8. The summed E-state index contributed by atoms with van der Waals surface area (Å²) in [4.78, 5) is 17.4. The fourth-order valence-electron chi connectivity index (χ4n) is 3.53. The second-order valence-corrected chi connectivity index (χ2v) is 9.71. The molecule has 0 saturated heterocycles. The summed E-state index contributed by atoms with van der Waals surface area (Å²) in [5.74, 6) is 0.568. The third kappa shape index (κ3) is 4.61. The highest BCUT2D eigenvalue weighted by molar-refractivity contribution is 7.89. The zero-order chi connectivity index (χ0) is 23.6. The third-order valence-electron chi connectivity index (χ3n) is 5.21. The first kappa shape index (κ1) is 22.6. The van der Waals surface area contributed by atoms with Gasteiger partial charge in [-0.1, -0.05) is 6.07 Å². The molecule has 4 rings (SSSR count). The number of aromatic nitrogens is 6. The van der Waals surface area contributed by atoms with E-state index in [0.29, 0.717) is 24.2 Å². The van der Waals surface area contributed by atoms with Crippen molar-refractivity contribution in [1.82, 2.24) is 34.1 Å². The molecule has 0 atom stereocenters. The van der Waals surface area contributed by atoms with E-state index in [0.717, 1.165) is 17.0 Å². The van der Waals surface area contributed by atoms with Crippen LogP contribution in [0.1, 0.15) is 19.2 Å². The van der Waals surface area contributed by atoms with Crippen LogP contribution in [0.3, 0.4) is 0 Å². The number of carbonyl (C=O) groups excluding carboxylic acids is 1. The first-order valence-electron chi connectivity index (χ1n) is 10.3. The van der Waals surface area contributed by atoms with Crippen LogP contribution >= 0.6 is 0 Å². The molecular weight excluding hydrogens is 444 g/mol. The van der Waals surface area contributed by atoms with E-state index < -0.39 is 10.0 Å². The second kappa shape index (κ2) is 9.08. The Labute approximate surface area is 191 Å². The van der Waals surface area contributed by atoms with Gasteiger partial charge in [-0.2, -0.15) is 0 Å². The van der Waals surface area contributed by atoms with Crippen LogP contribution in [0.15, 0.2) is 53.7 Å². The van der Waals surface area contributed by atoms with E-state index in [-0.39, 0.29) is 17.2 Å². The van der Waals surface area contributed by atoms with Gasteiger partial charge in [0.2, 0.25) is 15.9 Å². The van der Waals surface area contributed by atoms with Crippen molar-refractivity contribution in [1.29, 1.82) is 0 Å². The smallest absolute Gasteiger partial charge is 0.242 e. The number of nitrogens with zero attached hydrogens (tertiary/aromatic N) is 7. The molecule has 12 heteroatoms. The highest BCUT2D eigenvalue weighted by atomic mass is 32.2. The van der Waals surface area contributed by atoms with E-state index in [4.69, 9.17) is 0 Å². The van der Waals surface area contributed by atoms with Gasteiger partial charge in [0.15, 0.2) is 0 Å². The fraction of sp³-hybridized carbons (Fsp3) is 0.286. The molecule has 0 aliphatic rings. The maximum atomic E-state index is 12.6. The van der Waals surface area contributed by atoms with Crippen molar-refractivity contribution in [3.8, 4) is 5.69 Å². The van der Waals surface area contributed by atoms with E-state index in [2.05, 4.69) is 25.8 Å². The average Bonchev–Trinajstić information content (AvgIpc) is 3.45. The van der Waals surface area contributed by atoms with Crippen LogP contribution in [0.4, 0.5) is 5.69 Å². The lowest BCUT2D eigenvalue weighted by Gasteiger charge is -2.11. The van der Waals surface area contributed by atoms with Crippen molar-refractivity contribution in [3.63, 3.8) is 0 Å². The number of aryl methyl sites for hydroxylation is 2. The topological polar surface area (TPSA) is 128 Å². The highest BCUT2D eigenvalue weighted by Gasteiger charge is 2.19. The summed E-state index contributed by atoms with van der Waals surface area (Å²) in [6, 6.07) is 12.1. The number of carbonyl (C=O) groups is 1. The molecule has 0 aliphatic heterocycles. The summed E-state index contributed by atoms with van der Waals surface area (Å²) in [6.07, 6.45) is 2.11. The number of imidazole rings is 1. The van der Waals surface area contributed by atoms with Gasteiger partial charge in [0, 0.05) is 39.2 Å². The van der Waals surface area contributed by atoms with E-state index in [1.54, 1.807) is 30.3 Å². The predicted octanol–water partition coefficient (Wildman–Crippen LogP) is 1.85. The number of sulfonamides is 1. The molecule has 2 aromatic carbocycles. The Morgan fingerprint density at radius 2 is 1.97 bits per heavy atom. The zero-order valence-corrected chi connectivity index (χ0v) is 19.3. The monoisotopic (exact) mass is 468 g/mol. The lowest BCUT2D eigenvalue weighted by atomic mass is 10.2. The summed E-state index contributed by atoms with van der Waals surface area (Å²) in [5.41, 5.74) is 2.79. The average molecular weight is 469 g/mol. The van der Waals surface area contributed by atoms with Crippen LogP contribution in [0.2, 0.25) is 0 Å². The van der Waals surface area contributed by atoms with Gasteiger partial charge in [-0.3, -0.25) is 4.79 Å². The van der Waals surface area contributed by atoms with Gasteiger partial charge in [-0.05, 0) is 53.7 Å². The lowest BCUT2D eigenvalue weighted by Crippen LogP contribution is -2.22. The number of fused-ring (bicyclic) bond motifs is 1. The predicted molar refractivity (Wildman–Crippen MR) is 122 cm³/mol. The van der Waals surface area contributed by atoms with Gasteiger partial charge in [0.05, 0.1) is 21.6 Å². The largest absolute Gasteiger partial charge is 0.328 e. The Bertz CT molecular complexity index is 1390. The number of hydrogen-bond acceptors (Lipinski definition) is 7. The fourth-order valence-corrected chi connectivity index (χ4v) is 4.45. The van der Waals surface area contributed by atoms with E-state index in [1.807, 2.05) is 23.6 Å². The van der Waals surface area contributed by atoms with Crippen LogP contribution in [0.25, 0.3) is 16.7 Å². The number of tetrazole rings is 1. The summed E-state index contributed by atoms with van der Waals surface area (Å²) in [5, 5.41) is 14.0. The van der Waals surface area contributed by atoms with Crippen molar-refractivity contribution in [2.75, 3.05) is 19.4 Å².